The lowest BCUT2D eigenvalue weighted by molar-refractivity contribution is -0.122. The van der Waals surface area contributed by atoms with Gasteiger partial charge >= 0.3 is 0 Å². The molecular formula is C17H21N3O2. The lowest BCUT2D eigenvalue weighted by Gasteiger charge is -2.23. The summed E-state index contributed by atoms with van der Waals surface area (Å²) in [6.45, 7) is 1.79. The van der Waals surface area contributed by atoms with Crippen LogP contribution in [-0.4, -0.2) is 23.4 Å². The van der Waals surface area contributed by atoms with Gasteiger partial charge in [0.1, 0.15) is 5.54 Å². The fourth-order valence-electron chi connectivity index (χ4n) is 2.79. The molecule has 1 fully saturated rings. The number of hydrogen-bond donors (Lipinski definition) is 2. The van der Waals surface area contributed by atoms with Crippen molar-refractivity contribution < 1.29 is 9.59 Å². The summed E-state index contributed by atoms with van der Waals surface area (Å²) in [6.07, 6.45) is 3.52. The number of nitrogens with zero attached hydrogens (tertiary/aromatic N) is 1. The van der Waals surface area contributed by atoms with Gasteiger partial charge in [0.05, 0.1) is 6.07 Å². The molecule has 0 aromatic heterocycles. The molecule has 116 valence electrons. The van der Waals surface area contributed by atoms with Crippen LogP contribution >= 0.6 is 0 Å². The Bertz CT molecular complexity index is 571. The zero-order valence-electron chi connectivity index (χ0n) is 12.8. The Labute approximate surface area is 130 Å². The van der Waals surface area contributed by atoms with Crippen LogP contribution in [0.4, 0.5) is 0 Å². The number of rotatable bonds is 5. The second-order valence-corrected chi connectivity index (χ2v) is 5.89. The van der Waals surface area contributed by atoms with Crippen LogP contribution in [0.2, 0.25) is 0 Å². The molecule has 1 atom stereocenters. The van der Waals surface area contributed by atoms with Crippen LogP contribution < -0.4 is 10.6 Å². The molecule has 5 heteroatoms. The predicted octanol–water partition coefficient (Wildman–Crippen LogP) is 2.15. The maximum absolute atomic E-state index is 12.1. The Morgan fingerprint density at radius 1 is 1.27 bits per heavy atom. The van der Waals surface area contributed by atoms with Gasteiger partial charge in [-0.3, -0.25) is 9.59 Å². The number of carbonyl (C=O) groups excluding carboxylic acids is 2. The van der Waals surface area contributed by atoms with E-state index in [9.17, 15) is 14.9 Å². The summed E-state index contributed by atoms with van der Waals surface area (Å²) in [5.41, 5.74) is -0.140. The maximum atomic E-state index is 12.1. The normalized spacial score (nSPS) is 17.3. The molecule has 1 unspecified atom stereocenters. The van der Waals surface area contributed by atoms with E-state index in [2.05, 4.69) is 16.7 Å². The van der Waals surface area contributed by atoms with Gasteiger partial charge in [0.15, 0.2) is 0 Å². The first-order valence-corrected chi connectivity index (χ1v) is 7.63. The van der Waals surface area contributed by atoms with E-state index in [1.807, 2.05) is 6.07 Å². The van der Waals surface area contributed by atoms with E-state index in [0.717, 1.165) is 12.8 Å². The van der Waals surface area contributed by atoms with Crippen molar-refractivity contribution in [3.05, 3.63) is 35.9 Å². The van der Waals surface area contributed by atoms with Crippen LogP contribution in [0, 0.1) is 11.3 Å². The zero-order valence-corrected chi connectivity index (χ0v) is 12.8. The first-order chi connectivity index (χ1) is 10.5. The molecule has 0 bridgehead atoms. The number of hydrogen-bond acceptors (Lipinski definition) is 3. The van der Waals surface area contributed by atoms with E-state index < -0.39 is 5.54 Å². The molecule has 0 spiro atoms. The second-order valence-electron chi connectivity index (χ2n) is 5.89. The number of nitriles is 1. The maximum Gasteiger partial charge on any atom is 0.251 e. The molecule has 2 N–H and O–H groups in total. The minimum atomic E-state index is -0.708. The molecule has 0 aliphatic heterocycles. The van der Waals surface area contributed by atoms with Crippen LogP contribution in [0.1, 0.15) is 49.4 Å². The number of nitrogens with one attached hydrogen (secondary N) is 2. The average Bonchev–Trinajstić information content (AvgIpc) is 2.96. The molecule has 0 heterocycles. The molecular weight excluding hydrogens is 278 g/mol. The molecule has 2 rings (SSSR count). The largest absolute Gasteiger partial charge is 0.349 e. The monoisotopic (exact) mass is 299 g/mol. The summed E-state index contributed by atoms with van der Waals surface area (Å²) in [6, 6.07) is 10.8. The Hall–Kier alpha value is -2.35. The van der Waals surface area contributed by atoms with Crippen LogP contribution in [-0.2, 0) is 4.79 Å². The molecule has 5 nitrogen and oxygen atoms in total. The van der Waals surface area contributed by atoms with Crippen LogP contribution in [0.25, 0.3) is 0 Å². The zero-order chi connectivity index (χ0) is 16.0. The van der Waals surface area contributed by atoms with Crippen molar-refractivity contribution in [3.63, 3.8) is 0 Å². The third kappa shape index (κ3) is 4.08. The van der Waals surface area contributed by atoms with Crippen molar-refractivity contribution in [1.82, 2.24) is 10.6 Å². The fraction of sp³-hybridized carbons (Fsp3) is 0.471. The van der Waals surface area contributed by atoms with Gasteiger partial charge in [-0.05, 0) is 44.7 Å². The highest BCUT2D eigenvalue weighted by molar-refractivity contribution is 5.94. The number of amides is 2. The Kier molecular flexibility index (Phi) is 5.16. The van der Waals surface area contributed by atoms with Crippen LogP contribution in [0.5, 0.6) is 0 Å². The second kappa shape index (κ2) is 7.08. The summed E-state index contributed by atoms with van der Waals surface area (Å²) >= 11 is 0. The quantitative estimate of drug-likeness (QED) is 0.874. The molecule has 1 aromatic carbocycles. The average molecular weight is 299 g/mol. The molecule has 1 aromatic rings. The van der Waals surface area contributed by atoms with Crippen molar-refractivity contribution in [2.75, 3.05) is 0 Å². The van der Waals surface area contributed by atoms with Crippen molar-refractivity contribution in [1.29, 1.82) is 5.26 Å². The highest BCUT2D eigenvalue weighted by Crippen LogP contribution is 2.28. The van der Waals surface area contributed by atoms with Crippen LogP contribution in [0.3, 0.4) is 0 Å². The summed E-state index contributed by atoms with van der Waals surface area (Å²) in [4.78, 5) is 24.1. The highest BCUT2D eigenvalue weighted by atomic mass is 16.2. The van der Waals surface area contributed by atoms with Gasteiger partial charge < -0.3 is 10.6 Å². The topological polar surface area (TPSA) is 82.0 Å². The van der Waals surface area contributed by atoms with E-state index in [-0.39, 0.29) is 24.3 Å². The molecule has 0 saturated heterocycles. The van der Waals surface area contributed by atoms with Crippen molar-refractivity contribution in [2.24, 2.45) is 0 Å². The molecule has 22 heavy (non-hydrogen) atoms. The minimum Gasteiger partial charge on any atom is -0.349 e. The Balaban J connectivity index is 1.84. The third-order valence-corrected chi connectivity index (χ3v) is 3.95. The van der Waals surface area contributed by atoms with Gasteiger partial charge in [-0.1, -0.05) is 18.2 Å². The van der Waals surface area contributed by atoms with Gasteiger partial charge in [0, 0.05) is 18.0 Å². The first kappa shape index (κ1) is 16.0. The molecule has 1 aliphatic carbocycles. The summed E-state index contributed by atoms with van der Waals surface area (Å²) in [7, 11) is 0. The van der Waals surface area contributed by atoms with Crippen LogP contribution in [0.15, 0.2) is 30.3 Å². The Morgan fingerprint density at radius 2 is 1.91 bits per heavy atom. The molecule has 2 amide bonds. The first-order valence-electron chi connectivity index (χ1n) is 7.63. The van der Waals surface area contributed by atoms with E-state index in [1.165, 1.54) is 0 Å². The standard InChI is InChI=1S/C17H21N3O2/c1-13(19-16(22)14-7-3-2-4-8-14)11-15(21)20-17(12-18)9-5-6-10-17/h2-4,7-8,13H,5-6,9-11H2,1H3,(H,19,22)(H,20,21). The lowest BCUT2D eigenvalue weighted by atomic mass is 9.99. The summed E-state index contributed by atoms with van der Waals surface area (Å²) in [5, 5.41) is 14.9. The van der Waals surface area contributed by atoms with Crippen molar-refractivity contribution in [2.45, 2.75) is 50.6 Å². The summed E-state index contributed by atoms with van der Waals surface area (Å²) < 4.78 is 0. The van der Waals surface area contributed by atoms with Crippen molar-refractivity contribution >= 4 is 11.8 Å². The number of benzene rings is 1. The molecule has 1 aliphatic rings. The van der Waals surface area contributed by atoms with Gasteiger partial charge in [-0.15, -0.1) is 0 Å². The highest BCUT2D eigenvalue weighted by Gasteiger charge is 2.35. The molecule has 0 radical (unpaired) electrons. The van der Waals surface area contributed by atoms with Crippen molar-refractivity contribution in [3.8, 4) is 6.07 Å². The fourth-order valence-corrected chi connectivity index (χ4v) is 2.79. The molecule has 1 saturated carbocycles. The predicted molar refractivity (Wildman–Crippen MR) is 82.9 cm³/mol. The SMILES string of the molecule is CC(CC(=O)NC1(C#N)CCCC1)NC(=O)c1ccccc1. The Morgan fingerprint density at radius 3 is 2.50 bits per heavy atom. The van der Waals surface area contributed by atoms with E-state index in [0.29, 0.717) is 18.4 Å². The number of carbonyl (C=O) groups is 2. The van der Waals surface area contributed by atoms with E-state index >= 15 is 0 Å². The smallest absolute Gasteiger partial charge is 0.251 e. The van der Waals surface area contributed by atoms with E-state index in [1.54, 1.807) is 31.2 Å². The lowest BCUT2D eigenvalue weighted by Crippen LogP contribution is -2.47. The van der Waals surface area contributed by atoms with Gasteiger partial charge in [-0.25, -0.2) is 0 Å². The van der Waals surface area contributed by atoms with Gasteiger partial charge in [-0.2, -0.15) is 5.26 Å². The van der Waals surface area contributed by atoms with E-state index in [4.69, 9.17) is 0 Å². The van der Waals surface area contributed by atoms with Gasteiger partial charge in [0.2, 0.25) is 5.91 Å². The summed E-state index contributed by atoms with van der Waals surface area (Å²) in [5.74, 6) is -0.388. The van der Waals surface area contributed by atoms with Gasteiger partial charge in [0.25, 0.3) is 5.91 Å². The minimum absolute atomic E-state index is 0.169. The third-order valence-electron chi connectivity index (χ3n) is 3.95.